The summed E-state index contributed by atoms with van der Waals surface area (Å²) in [6, 6.07) is 6.44. The standard InChI is InChI=1S/C14H17FN4O/c1-10(12-5-3-4-6-13(12)15)18-11-7-17-19(8-11)9-14(20)16-2/h3-8,10,18H,9H2,1-2H3,(H,16,20). The number of anilines is 1. The zero-order valence-corrected chi connectivity index (χ0v) is 11.4. The molecule has 0 radical (unpaired) electrons. The Morgan fingerprint density at radius 2 is 2.20 bits per heavy atom. The fourth-order valence-electron chi connectivity index (χ4n) is 1.90. The number of rotatable bonds is 5. The van der Waals surface area contributed by atoms with Crippen molar-refractivity contribution in [2.45, 2.75) is 19.5 Å². The first-order valence-electron chi connectivity index (χ1n) is 6.34. The highest BCUT2D eigenvalue weighted by molar-refractivity contribution is 5.75. The van der Waals surface area contributed by atoms with Gasteiger partial charge in [-0.15, -0.1) is 0 Å². The Morgan fingerprint density at radius 1 is 1.45 bits per heavy atom. The summed E-state index contributed by atoms with van der Waals surface area (Å²) in [5.41, 5.74) is 1.33. The van der Waals surface area contributed by atoms with Crippen LogP contribution in [0.1, 0.15) is 18.5 Å². The topological polar surface area (TPSA) is 59.0 Å². The van der Waals surface area contributed by atoms with Crippen molar-refractivity contribution in [3.05, 3.63) is 48.0 Å². The molecule has 0 aliphatic rings. The highest BCUT2D eigenvalue weighted by Gasteiger charge is 2.11. The van der Waals surface area contributed by atoms with Crippen molar-refractivity contribution in [3.8, 4) is 0 Å². The summed E-state index contributed by atoms with van der Waals surface area (Å²) in [5, 5.41) is 9.76. The van der Waals surface area contributed by atoms with E-state index in [4.69, 9.17) is 0 Å². The van der Waals surface area contributed by atoms with Gasteiger partial charge in [-0.05, 0) is 13.0 Å². The molecule has 2 aromatic rings. The quantitative estimate of drug-likeness (QED) is 0.877. The minimum absolute atomic E-state index is 0.123. The van der Waals surface area contributed by atoms with Crippen LogP contribution in [-0.4, -0.2) is 22.7 Å². The minimum atomic E-state index is -0.245. The van der Waals surface area contributed by atoms with Crippen LogP contribution in [0.3, 0.4) is 0 Å². The van der Waals surface area contributed by atoms with Crippen LogP contribution in [0.4, 0.5) is 10.1 Å². The van der Waals surface area contributed by atoms with Gasteiger partial charge in [-0.25, -0.2) is 4.39 Å². The Hall–Kier alpha value is -2.37. The molecule has 1 atom stereocenters. The molecular formula is C14H17FN4O. The maximum absolute atomic E-state index is 13.7. The van der Waals surface area contributed by atoms with E-state index in [2.05, 4.69) is 15.7 Å². The number of benzene rings is 1. The van der Waals surface area contributed by atoms with Gasteiger partial charge in [-0.3, -0.25) is 9.48 Å². The van der Waals surface area contributed by atoms with Crippen molar-refractivity contribution in [1.29, 1.82) is 0 Å². The Morgan fingerprint density at radius 3 is 2.90 bits per heavy atom. The number of halogens is 1. The molecule has 1 heterocycles. The molecule has 2 rings (SSSR count). The smallest absolute Gasteiger partial charge is 0.241 e. The molecule has 6 heteroatoms. The Balaban J connectivity index is 2.03. The number of likely N-dealkylation sites (N-methyl/N-ethyl adjacent to an activating group) is 1. The highest BCUT2D eigenvalue weighted by atomic mass is 19.1. The van der Waals surface area contributed by atoms with Crippen molar-refractivity contribution in [2.75, 3.05) is 12.4 Å². The summed E-state index contributed by atoms with van der Waals surface area (Å²) < 4.78 is 15.2. The van der Waals surface area contributed by atoms with Crippen molar-refractivity contribution < 1.29 is 9.18 Å². The fraction of sp³-hybridized carbons (Fsp3) is 0.286. The van der Waals surface area contributed by atoms with E-state index in [1.165, 1.54) is 10.7 Å². The first kappa shape index (κ1) is 14.0. The predicted octanol–water partition coefficient (Wildman–Crippen LogP) is 1.94. The van der Waals surface area contributed by atoms with Gasteiger partial charge in [-0.1, -0.05) is 18.2 Å². The average Bonchev–Trinajstić information content (AvgIpc) is 2.86. The van der Waals surface area contributed by atoms with Gasteiger partial charge in [0, 0.05) is 18.8 Å². The average molecular weight is 276 g/mol. The molecule has 0 bridgehead atoms. The molecule has 0 spiro atoms. The molecule has 0 fully saturated rings. The van der Waals surface area contributed by atoms with E-state index in [1.807, 2.05) is 6.92 Å². The molecule has 106 valence electrons. The molecule has 1 aromatic carbocycles. The molecule has 5 nitrogen and oxygen atoms in total. The van der Waals surface area contributed by atoms with Crippen molar-refractivity contribution in [3.63, 3.8) is 0 Å². The van der Waals surface area contributed by atoms with E-state index < -0.39 is 0 Å². The third-order valence-electron chi connectivity index (χ3n) is 2.97. The van der Waals surface area contributed by atoms with Crippen LogP contribution in [0.2, 0.25) is 0 Å². The van der Waals surface area contributed by atoms with Crippen molar-refractivity contribution >= 4 is 11.6 Å². The SMILES string of the molecule is CNC(=O)Cn1cc(NC(C)c2ccccc2F)cn1. The van der Waals surface area contributed by atoms with Crippen molar-refractivity contribution in [1.82, 2.24) is 15.1 Å². The predicted molar refractivity (Wildman–Crippen MR) is 74.7 cm³/mol. The maximum atomic E-state index is 13.7. The Bertz CT molecular complexity index is 596. The maximum Gasteiger partial charge on any atom is 0.241 e. The zero-order valence-electron chi connectivity index (χ0n) is 11.4. The van der Waals surface area contributed by atoms with Crippen LogP contribution >= 0.6 is 0 Å². The third kappa shape index (κ3) is 3.34. The van der Waals surface area contributed by atoms with E-state index >= 15 is 0 Å². The van der Waals surface area contributed by atoms with Crippen LogP contribution in [0.5, 0.6) is 0 Å². The van der Waals surface area contributed by atoms with Gasteiger partial charge in [0.2, 0.25) is 5.91 Å². The van der Waals surface area contributed by atoms with Crippen LogP contribution in [0, 0.1) is 5.82 Å². The molecule has 1 amide bonds. The number of hydrogen-bond donors (Lipinski definition) is 2. The summed E-state index contributed by atoms with van der Waals surface area (Å²) in [7, 11) is 1.57. The summed E-state index contributed by atoms with van der Waals surface area (Å²) >= 11 is 0. The lowest BCUT2D eigenvalue weighted by Crippen LogP contribution is -2.23. The van der Waals surface area contributed by atoms with Gasteiger partial charge in [0.05, 0.1) is 17.9 Å². The summed E-state index contributed by atoms with van der Waals surface area (Å²) in [6.45, 7) is 2.03. The summed E-state index contributed by atoms with van der Waals surface area (Å²) in [5.74, 6) is -0.368. The van der Waals surface area contributed by atoms with Gasteiger partial charge in [0.1, 0.15) is 12.4 Å². The fourth-order valence-corrected chi connectivity index (χ4v) is 1.90. The number of hydrogen-bond acceptors (Lipinski definition) is 3. The van der Waals surface area contributed by atoms with Crippen LogP contribution < -0.4 is 10.6 Å². The number of carbonyl (C=O) groups is 1. The van der Waals surface area contributed by atoms with E-state index in [0.29, 0.717) is 5.56 Å². The van der Waals surface area contributed by atoms with E-state index in [1.54, 1.807) is 37.6 Å². The molecule has 0 aliphatic heterocycles. The van der Waals surface area contributed by atoms with Gasteiger partial charge in [0.15, 0.2) is 0 Å². The van der Waals surface area contributed by atoms with Gasteiger partial charge in [0.25, 0.3) is 0 Å². The van der Waals surface area contributed by atoms with Gasteiger partial charge >= 0.3 is 0 Å². The molecular weight excluding hydrogens is 259 g/mol. The number of amides is 1. The van der Waals surface area contributed by atoms with Crippen LogP contribution in [-0.2, 0) is 11.3 Å². The van der Waals surface area contributed by atoms with Crippen molar-refractivity contribution in [2.24, 2.45) is 0 Å². The summed E-state index contributed by atoms with van der Waals surface area (Å²) in [4.78, 5) is 11.2. The normalized spacial score (nSPS) is 11.9. The Kier molecular flexibility index (Phi) is 4.34. The van der Waals surface area contributed by atoms with Crippen LogP contribution in [0.15, 0.2) is 36.7 Å². The first-order chi connectivity index (χ1) is 9.60. The van der Waals surface area contributed by atoms with Gasteiger partial charge in [-0.2, -0.15) is 5.10 Å². The molecule has 0 aliphatic carbocycles. The number of nitrogens with zero attached hydrogens (tertiary/aromatic N) is 2. The second-order valence-corrected chi connectivity index (χ2v) is 4.49. The van der Waals surface area contributed by atoms with Gasteiger partial charge < -0.3 is 10.6 Å². The minimum Gasteiger partial charge on any atom is -0.376 e. The van der Waals surface area contributed by atoms with E-state index in [0.717, 1.165) is 5.69 Å². The summed E-state index contributed by atoms with van der Waals surface area (Å²) in [6.07, 6.45) is 3.33. The zero-order chi connectivity index (χ0) is 14.5. The molecule has 1 aromatic heterocycles. The first-order valence-corrected chi connectivity index (χ1v) is 6.34. The second-order valence-electron chi connectivity index (χ2n) is 4.49. The number of carbonyl (C=O) groups excluding carboxylic acids is 1. The molecule has 0 saturated carbocycles. The number of nitrogens with one attached hydrogen (secondary N) is 2. The molecule has 1 unspecified atom stereocenters. The second kappa shape index (κ2) is 6.18. The van der Waals surface area contributed by atoms with Crippen LogP contribution in [0.25, 0.3) is 0 Å². The third-order valence-corrected chi connectivity index (χ3v) is 2.97. The largest absolute Gasteiger partial charge is 0.376 e. The molecule has 2 N–H and O–H groups in total. The number of aromatic nitrogens is 2. The monoisotopic (exact) mass is 276 g/mol. The lowest BCUT2D eigenvalue weighted by molar-refractivity contribution is -0.121. The molecule has 20 heavy (non-hydrogen) atoms. The lowest BCUT2D eigenvalue weighted by atomic mass is 10.1. The van der Waals surface area contributed by atoms with E-state index in [9.17, 15) is 9.18 Å². The Labute approximate surface area is 116 Å². The van der Waals surface area contributed by atoms with E-state index in [-0.39, 0.29) is 24.3 Å². The molecule has 0 saturated heterocycles. The highest BCUT2D eigenvalue weighted by Crippen LogP contribution is 2.20. The lowest BCUT2D eigenvalue weighted by Gasteiger charge is -2.14.